The lowest BCUT2D eigenvalue weighted by molar-refractivity contribution is -0.119. The topological polar surface area (TPSA) is 79.8 Å². The number of H-pyrrole nitrogens is 1. The zero-order valence-electron chi connectivity index (χ0n) is 16.0. The summed E-state index contributed by atoms with van der Waals surface area (Å²) >= 11 is 1.27. The number of aromatic amines is 1. The predicted octanol–water partition coefficient (Wildman–Crippen LogP) is 3.34. The summed E-state index contributed by atoms with van der Waals surface area (Å²) in [5.41, 5.74) is 3.64. The number of nitrogens with one attached hydrogen (secondary N) is 2. The number of nitrogens with zero attached hydrogens (tertiary/aromatic N) is 2. The number of carbonyl (C=O) groups excluding carboxylic acids is 1. The Balaban J connectivity index is 2.01. The van der Waals surface area contributed by atoms with E-state index in [1.807, 2.05) is 58.0 Å². The predicted molar refractivity (Wildman–Crippen MR) is 110 cm³/mol. The molecule has 2 aromatic heterocycles. The van der Waals surface area contributed by atoms with Crippen molar-refractivity contribution in [3.05, 3.63) is 51.9 Å². The van der Waals surface area contributed by atoms with Gasteiger partial charge in [-0.25, -0.2) is 4.98 Å². The number of aryl methyl sites for hydroxylation is 2. The fourth-order valence-electron chi connectivity index (χ4n) is 2.74. The van der Waals surface area contributed by atoms with Crippen LogP contribution < -0.4 is 10.9 Å². The van der Waals surface area contributed by atoms with Crippen molar-refractivity contribution in [1.29, 1.82) is 0 Å². The Hall–Kier alpha value is -2.54. The zero-order valence-corrected chi connectivity index (χ0v) is 16.8. The van der Waals surface area contributed by atoms with Crippen molar-refractivity contribution in [3.8, 4) is 5.69 Å². The molecular formula is C20H24N4O2S. The van der Waals surface area contributed by atoms with E-state index in [0.717, 1.165) is 23.4 Å². The third kappa shape index (κ3) is 4.24. The Morgan fingerprint density at radius 3 is 2.67 bits per heavy atom. The number of hydrogen-bond donors (Lipinski definition) is 2. The molecule has 142 valence electrons. The number of benzene rings is 1. The van der Waals surface area contributed by atoms with Gasteiger partial charge >= 0.3 is 0 Å². The second-order valence-corrected chi connectivity index (χ2v) is 7.69. The average molecular weight is 385 g/mol. The van der Waals surface area contributed by atoms with Crippen molar-refractivity contribution in [3.63, 3.8) is 0 Å². The summed E-state index contributed by atoms with van der Waals surface area (Å²) in [5, 5.41) is 3.45. The van der Waals surface area contributed by atoms with E-state index in [2.05, 4.69) is 15.3 Å². The van der Waals surface area contributed by atoms with Gasteiger partial charge in [0.05, 0.1) is 17.0 Å². The number of amides is 1. The minimum Gasteiger partial charge on any atom is -0.353 e. The first-order valence-electron chi connectivity index (χ1n) is 9.00. The number of hydrogen-bond acceptors (Lipinski definition) is 4. The van der Waals surface area contributed by atoms with Gasteiger partial charge in [-0.15, -0.1) is 0 Å². The third-order valence-electron chi connectivity index (χ3n) is 4.40. The van der Waals surface area contributed by atoms with Crippen LogP contribution in [0.25, 0.3) is 16.7 Å². The fraction of sp³-hybridized carbons (Fsp3) is 0.350. The molecule has 1 unspecified atom stereocenters. The van der Waals surface area contributed by atoms with Gasteiger partial charge in [-0.2, -0.15) is 0 Å². The van der Waals surface area contributed by atoms with E-state index >= 15 is 0 Å². The minimum absolute atomic E-state index is 0.0654. The molecule has 2 heterocycles. The molecule has 0 aliphatic carbocycles. The Labute approximate surface area is 162 Å². The van der Waals surface area contributed by atoms with Gasteiger partial charge in [0.2, 0.25) is 5.91 Å². The molecule has 27 heavy (non-hydrogen) atoms. The number of carbonyl (C=O) groups is 1. The van der Waals surface area contributed by atoms with Crippen molar-refractivity contribution in [1.82, 2.24) is 19.9 Å². The molecule has 3 rings (SSSR count). The molecular weight excluding hydrogens is 360 g/mol. The molecule has 6 nitrogen and oxygen atoms in total. The maximum atomic E-state index is 13.1. The molecule has 2 N–H and O–H groups in total. The van der Waals surface area contributed by atoms with Crippen molar-refractivity contribution in [2.45, 2.75) is 45.3 Å². The molecule has 0 spiro atoms. The number of thioether (sulfide) groups is 1. The summed E-state index contributed by atoms with van der Waals surface area (Å²) in [5.74, 6) is 0.141. The summed E-state index contributed by atoms with van der Waals surface area (Å²) in [6, 6.07) is 9.67. The van der Waals surface area contributed by atoms with Crippen molar-refractivity contribution in [2.75, 3.05) is 5.75 Å². The van der Waals surface area contributed by atoms with Crippen LogP contribution >= 0.6 is 11.8 Å². The molecule has 0 fully saturated rings. The second kappa shape index (κ2) is 8.00. The normalized spacial score (nSPS) is 12.3. The molecule has 0 aliphatic heterocycles. The Morgan fingerprint density at radius 1 is 1.30 bits per heavy atom. The number of rotatable bonds is 6. The molecule has 1 atom stereocenters. The van der Waals surface area contributed by atoms with E-state index < -0.39 is 0 Å². The summed E-state index contributed by atoms with van der Waals surface area (Å²) < 4.78 is 1.57. The van der Waals surface area contributed by atoms with Crippen LogP contribution in [-0.2, 0) is 4.79 Å². The van der Waals surface area contributed by atoms with E-state index in [-0.39, 0.29) is 23.3 Å². The molecule has 1 aromatic carbocycles. The van der Waals surface area contributed by atoms with Gasteiger partial charge in [-0.1, -0.05) is 36.4 Å². The molecule has 0 radical (unpaired) electrons. The van der Waals surface area contributed by atoms with Gasteiger partial charge in [0.15, 0.2) is 5.16 Å². The van der Waals surface area contributed by atoms with Gasteiger partial charge in [0.25, 0.3) is 5.56 Å². The van der Waals surface area contributed by atoms with Gasteiger partial charge in [0, 0.05) is 11.7 Å². The lowest BCUT2D eigenvalue weighted by Gasteiger charge is -2.14. The molecule has 0 bridgehead atoms. The minimum atomic E-state index is -0.165. The number of fused-ring (bicyclic) bond motifs is 1. The highest BCUT2D eigenvalue weighted by Gasteiger charge is 2.16. The lowest BCUT2D eigenvalue weighted by Crippen LogP contribution is -2.33. The largest absolute Gasteiger partial charge is 0.353 e. The van der Waals surface area contributed by atoms with Gasteiger partial charge in [0.1, 0.15) is 5.52 Å². The summed E-state index contributed by atoms with van der Waals surface area (Å²) in [7, 11) is 0. The van der Waals surface area contributed by atoms with E-state index in [1.165, 1.54) is 11.8 Å². The molecule has 0 saturated carbocycles. The summed E-state index contributed by atoms with van der Waals surface area (Å²) in [4.78, 5) is 33.0. The maximum Gasteiger partial charge on any atom is 0.283 e. The van der Waals surface area contributed by atoms with Crippen LogP contribution in [0.15, 0.2) is 40.3 Å². The average Bonchev–Trinajstić information content (AvgIpc) is 3.01. The second-order valence-electron chi connectivity index (χ2n) is 6.75. The van der Waals surface area contributed by atoms with Crippen LogP contribution in [0.5, 0.6) is 0 Å². The molecule has 0 aliphatic rings. The van der Waals surface area contributed by atoms with Crippen molar-refractivity contribution in [2.24, 2.45) is 0 Å². The Bertz CT molecular complexity index is 1020. The van der Waals surface area contributed by atoms with Crippen LogP contribution in [0.4, 0.5) is 0 Å². The monoisotopic (exact) mass is 384 g/mol. The summed E-state index contributed by atoms with van der Waals surface area (Å²) in [6.07, 6.45) is 0.872. The van der Waals surface area contributed by atoms with Crippen LogP contribution in [0.2, 0.25) is 0 Å². The molecule has 3 aromatic rings. The SMILES string of the molecule is CCC(C)NC(=O)CSc1nc2cc(C)[nH]c2c(=O)n1-c1ccc(C)cc1. The van der Waals surface area contributed by atoms with Gasteiger partial charge in [-0.3, -0.25) is 14.2 Å². The lowest BCUT2D eigenvalue weighted by atomic mass is 10.2. The Morgan fingerprint density at radius 2 is 2.00 bits per heavy atom. The fourth-order valence-corrected chi connectivity index (χ4v) is 3.57. The molecule has 1 amide bonds. The first-order chi connectivity index (χ1) is 12.9. The maximum absolute atomic E-state index is 13.1. The quantitative estimate of drug-likeness (QED) is 0.505. The standard InChI is InChI=1S/C20H24N4O2S/c1-5-13(3)21-17(25)11-27-20-23-16-10-14(4)22-18(16)19(26)24(20)15-8-6-12(2)7-9-15/h6-10,13,22H,5,11H2,1-4H3,(H,21,25). The van der Waals surface area contributed by atoms with Crippen LogP contribution in [0.1, 0.15) is 31.5 Å². The Kier molecular flexibility index (Phi) is 5.70. The van der Waals surface area contributed by atoms with Gasteiger partial charge < -0.3 is 10.3 Å². The van der Waals surface area contributed by atoms with Crippen LogP contribution in [0, 0.1) is 13.8 Å². The van der Waals surface area contributed by atoms with E-state index in [4.69, 9.17) is 0 Å². The summed E-state index contributed by atoms with van der Waals surface area (Å²) in [6.45, 7) is 7.88. The van der Waals surface area contributed by atoms with Crippen LogP contribution in [-0.4, -0.2) is 32.2 Å². The first kappa shape index (κ1) is 19.2. The molecule has 7 heteroatoms. The van der Waals surface area contributed by atoms with Crippen LogP contribution in [0.3, 0.4) is 0 Å². The highest BCUT2D eigenvalue weighted by atomic mass is 32.2. The third-order valence-corrected chi connectivity index (χ3v) is 5.34. The van der Waals surface area contributed by atoms with Crippen molar-refractivity contribution < 1.29 is 4.79 Å². The molecule has 0 saturated heterocycles. The van der Waals surface area contributed by atoms with E-state index in [0.29, 0.717) is 16.2 Å². The first-order valence-corrected chi connectivity index (χ1v) is 9.99. The van der Waals surface area contributed by atoms with Crippen molar-refractivity contribution >= 4 is 28.7 Å². The number of aromatic nitrogens is 3. The smallest absolute Gasteiger partial charge is 0.283 e. The highest BCUT2D eigenvalue weighted by Crippen LogP contribution is 2.22. The van der Waals surface area contributed by atoms with E-state index in [9.17, 15) is 9.59 Å². The van der Waals surface area contributed by atoms with Gasteiger partial charge in [-0.05, 0) is 45.4 Å². The highest BCUT2D eigenvalue weighted by molar-refractivity contribution is 7.99. The zero-order chi connectivity index (χ0) is 19.6. The van der Waals surface area contributed by atoms with E-state index in [1.54, 1.807) is 4.57 Å².